The van der Waals surface area contributed by atoms with Gasteiger partial charge in [0, 0.05) is 0 Å². The van der Waals surface area contributed by atoms with Crippen LogP contribution in [0.25, 0.3) is 0 Å². The zero-order chi connectivity index (χ0) is 6.78. The average Bonchev–Trinajstić information content (AvgIpc) is 1.62. The molecule has 0 spiro atoms. The second kappa shape index (κ2) is 2.47. The number of rotatable bonds is 1. The SMILES string of the molecule is N#CC(Cl)P(=O)(O)O. The normalized spacial score (nSPS) is 14.8. The molecule has 8 heavy (non-hydrogen) atoms. The number of nitrogens with zero attached hydrogens (tertiary/aromatic N) is 1. The van der Waals surface area contributed by atoms with Gasteiger partial charge in [0.25, 0.3) is 0 Å². The molecule has 0 fully saturated rings. The van der Waals surface area contributed by atoms with E-state index in [0.29, 0.717) is 0 Å². The van der Waals surface area contributed by atoms with Gasteiger partial charge in [0.05, 0.1) is 6.07 Å². The monoisotopic (exact) mass is 155 g/mol. The third-order valence-electron chi connectivity index (χ3n) is 0.402. The largest absolute Gasteiger partial charge is 0.357 e. The van der Waals surface area contributed by atoms with Gasteiger partial charge in [-0.05, 0) is 0 Å². The highest BCUT2D eigenvalue weighted by Gasteiger charge is 2.25. The molecule has 0 radical (unpaired) electrons. The summed E-state index contributed by atoms with van der Waals surface area (Å²) in [5, 5.41) is 6.09. The van der Waals surface area contributed by atoms with Gasteiger partial charge in [-0.15, -0.1) is 0 Å². The highest BCUT2D eigenvalue weighted by molar-refractivity contribution is 7.54. The van der Waals surface area contributed by atoms with Gasteiger partial charge in [-0.25, -0.2) is 0 Å². The Kier molecular flexibility index (Phi) is 2.45. The maximum atomic E-state index is 9.90. The van der Waals surface area contributed by atoms with Crippen molar-refractivity contribution >= 4 is 19.2 Å². The van der Waals surface area contributed by atoms with Crippen LogP contribution in [0.2, 0.25) is 0 Å². The number of hydrogen-bond donors (Lipinski definition) is 2. The summed E-state index contributed by atoms with van der Waals surface area (Å²) < 4.78 is 9.90. The molecule has 0 amide bonds. The topological polar surface area (TPSA) is 81.3 Å². The van der Waals surface area contributed by atoms with Crippen LogP contribution in [-0.4, -0.2) is 14.9 Å². The summed E-state index contributed by atoms with van der Waals surface area (Å²) in [4.78, 5) is 16.1. The van der Waals surface area contributed by atoms with E-state index in [1.807, 2.05) is 0 Å². The van der Waals surface area contributed by atoms with Crippen molar-refractivity contribution in [2.45, 2.75) is 5.12 Å². The van der Waals surface area contributed by atoms with E-state index in [0.717, 1.165) is 0 Å². The van der Waals surface area contributed by atoms with Crippen LogP contribution in [0.15, 0.2) is 0 Å². The molecule has 0 aliphatic heterocycles. The maximum absolute atomic E-state index is 9.90. The zero-order valence-corrected chi connectivity index (χ0v) is 5.30. The molecule has 0 aromatic heterocycles. The van der Waals surface area contributed by atoms with E-state index in [4.69, 9.17) is 26.6 Å². The first kappa shape index (κ1) is 7.93. The van der Waals surface area contributed by atoms with Crippen LogP contribution in [0, 0.1) is 11.3 Å². The van der Waals surface area contributed by atoms with Gasteiger partial charge in [-0.2, -0.15) is 5.26 Å². The lowest BCUT2D eigenvalue weighted by molar-refractivity contribution is 0.374. The Morgan fingerprint density at radius 3 is 2.12 bits per heavy atom. The third-order valence-corrected chi connectivity index (χ3v) is 1.97. The number of alkyl halides is 1. The van der Waals surface area contributed by atoms with Gasteiger partial charge in [0.1, 0.15) is 0 Å². The summed E-state index contributed by atoms with van der Waals surface area (Å²) in [7, 11) is -4.35. The van der Waals surface area contributed by atoms with Crippen molar-refractivity contribution in [2.24, 2.45) is 0 Å². The summed E-state index contributed by atoms with van der Waals surface area (Å²) >= 11 is 4.82. The lowest BCUT2D eigenvalue weighted by Gasteiger charge is -1.99. The molecule has 0 saturated heterocycles. The van der Waals surface area contributed by atoms with Crippen LogP contribution in [0.5, 0.6) is 0 Å². The minimum Gasteiger partial charge on any atom is -0.323 e. The van der Waals surface area contributed by atoms with Crippen LogP contribution in [0.3, 0.4) is 0 Å². The van der Waals surface area contributed by atoms with Gasteiger partial charge in [0.15, 0.2) is 0 Å². The zero-order valence-electron chi connectivity index (χ0n) is 3.65. The maximum Gasteiger partial charge on any atom is 0.357 e. The Labute approximate surface area is 50.9 Å². The molecule has 0 aromatic carbocycles. The standard InChI is InChI=1S/C2H3ClNO3P/c3-2(1-4)8(5,6)7/h2H,(H2,5,6,7). The van der Waals surface area contributed by atoms with Crippen molar-refractivity contribution in [1.82, 2.24) is 0 Å². The smallest absolute Gasteiger partial charge is 0.323 e. The molecule has 46 valence electrons. The highest BCUT2D eigenvalue weighted by atomic mass is 35.5. The Hall–Kier alpha value is -0.0700. The van der Waals surface area contributed by atoms with Crippen LogP contribution in [0.4, 0.5) is 0 Å². The van der Waals surface area contributed by atoms with Crippen molar-refractivity contribution in [3.63, 3.8) is 0 Å². The van der Waals surface area contributed by atoms with Gasteiger partial charge in [0.2, 0.25) is 5.12 Å². The van der Waals surface area contributed by atoms with Crippen molar-refractivity contribution in [3.8, 4) is 6.07 Å². The first-order chi connectivity index (χ1) is 3.48. The third kappa shape index (κ3) is 2.29. The van der Waals surface area contributed by atoms with E-state index in [-0.39, 0.29) is 0 Å². The number of halogens is 1. The van der Waals surface area contributed by atoms with Gasteiger partial charge < -0.3 is 9.79 Å². The molecule has 0 aliphatic rings. The fourth-order valence-corrected chi connectivity index (χ4v) is 0.226. The molecule has 1 atom stereocenters. The number of nitriles is 1. The van der Waals surface area contributed by atoms with Crippen molar-refractivity contribution in [2.75, 3.05) is 0 Å². The molecule has 4 nitrogen and oxygen atoms in total. The fourth-order valence-electron chi connectivity index (χ4n) is 0.0752. The molecule has 0 saturated carbocycles. The van der Waals surface area contributed by atoms with Crippen LogP contribution in [0.1, 0.15) is 0 Å². The molecular formula is C2H3ClNO3P. The molecule has 0 aromatic rings. The Morgan fingerprint density at radius 2 is 2.12 bits per heavy atom. The lowest BCUT2D eigenvalue weighted by Crippen LogP contribution is -1.93. The van der Waals surface area contributed by atoms with E-state index in [2.05, 4.69) is 0 Å². The molecular weight excluding hydrogens is 152 g/mol. The lowest BCUT2D eigenvalue weighted by atomic mass is 10.9. The van der Waals surface area contributed by atoms with Gasteiger partial charge >= 0.3 is 7.60 Å². The average molecular weight is 155 g/mol. The number of hydrogen-bond acceptors (Lipinski definition) is 2. The Balaban J connectivity index is 4.09. The van der Waals surface area contributed by atoms with Crippen molar-refractivity contribution < 1.29 is 14.4 Å². The molecule has 0 heterocycles. The quantitative estimate of drug-likeness (QED) is 0.420. The van der Waals surface area contributed by atoms with Crippen LogP contribution < -0.4 is 0 Å². The van der Waals surface area contributed by atoms with E-state index in [9.17, 15) is 4.57 Å². The van der Waals surface area contributed by atoms with E-state index in [1.165, 1.54) is 6.07 Å². The molecule has 0 bridgehead atoms. The predicted molar refractivity (Wildman–Crippen MR) is 27.3 cm³/mol. The minimum absolute atomic E-state index is 1.21. The summed E-state index contributed by atoms with van der Waals surface area (Å²) in [6.45, 7) is 0. The Bertz CT molecular complexity index is 157. The highest BCUT2D eigenvalue weighted by Crippen LogP contribution is 2.42. The first-order valence-electron chi connectivity index (χ1n) is 1.57. The predicted octanol–water partition coefficient (Wildman–Crippen LogP) is 0.253. The summed E-state index contributed by atoms with van der Waals surface area (Å²) in [6.07, 6.45) is 0. The molecule has 0 aliphatic carbocycles. The van der Waals surface area contributed by atoms with E-state index < -0.39 is 12.7 Å². The molecule has 2 N–H and O–H groups in total. The molecule has 1 unspecified atom stereocenters. The molecule has 6 heteroatoms. The van der Waals surface area contributed by atoms with Crippen molar-refractivity contribution in [1.29, 1.82) is 5.26 Å². The summed E-state index contributed by atoms with van der Waals surface area (Å²) in [5.41, 5.74) is 0. The second-order valence-corrected chi connectivity index (χ2v) is 3.49. The van der Waals surface area contributed by atoms with Gasteiger partial charge in [-0.1, -0.05) is 11.6 Å². The fraction of sp³-hybridized carbons (Fsp3) is 0.500. The Morgan fingerprint density at radius 1 is 1.75 bits per heavy atom. The van der Waals surface area contributed by atoms with Crippen LogP contribution >= 0.6 is 19.2 Å². The summed E-state index contributed by atoms with van der Waals surface area (Å²) in [6, 6.07) is 1.21. The van der Waals surface area contributed by atoms with E-state index >= 15 is 0 Å². The molecule has 0 rings (SSSR count). The van der Waals surface area contributed by atoms with Gasteiger partial charge in [-0.3, -0.25) is 4.57 Å². The summed E-state index contributed by atoms with van der Waals surface area (Å²) in [5.74, 6) is 0. The van der Waals surface area contributed by atoms with Crippen LogP contribution in [-0.2, 0) is 4.57 Å². The second-order valence-electron chi connectivity index (χ2n) is 1.05. The minimum atomic E-state index is -4.35. The van der Waals surface area contributed by atoms with E-state index in [1.54, 1.807) is 0 Å². The van der Waals surface area contributed by atoms with Crippen molar-refractivity contribution in [3.05, 3.63) is 0 Å². The first-order valence-corrected chi connectivity index (χ1v) is 3.69.